The van der Waals surface area contributed by atoms with Crippen LogP contribution in [0.2, 0.25) is 0 Å². The van der Waals surface area contributed by atoms with Crippen molar-refractivity contribution in [2.75, 3.05) is 44.2 Å². The van der Waals surface area contributed by atoms with Crippen LogP contribution in [0.15, 0.2) is 6.07 Å². The molecule has 5 rings (SSSR count). The first-order chi connectivity index (χ1) is 23.3. The van der Waals surface area contributed by atoms with Crippen molar-refractivity contribution in [1.29, 1.82) is 0 Å². The minimum atomic E-state index is -1.43. The van der Waals surface area contributed by atoms with Crippen LogP contribution in [0.4, 0.5) is 14.9 Å². The third-order valence-electron chi connectivity index (χ3n) is 9.71. The maximum Gasteiger partial charge on any atom is 0.410 e. The van der Waals surface area contributed by atoms with Gasteiger partial charge in [-0.3, -0.25) is 29.0 Å². The maximum atomic E-state index is 16.2. The molecule has 0 bridgehead atoms. The monoisotopic (exact) mass is 701 g/mol. The number of hydrogen-bond acceptors (Lipinski definition) is 10. The Morgan fingerprint density at radius 1 is 0.880 bits per heavy atom. The molecular formula is C36H52FN5O8. The first-order valence-electron chi connectivity index (χ1n) is 17.7. The van der Waals surface area contributed by atoms with Crippen LogP contribution in [0.5, 0.6) is 0 Å². The second kappa shape index (κ2) is 14.5. The van der Waals surface area contributed by atoms with Crippen LogP contribution >= 0.6 is 0 Å². The highest BCUT2D eigenvalue weighted by atomic mass is 19.1. The first-order valence-corrected chi connectivity index (χ1v) is 17.7. The van der Waals surface area contributed by atoms with Crippen molar-refractivity contribution in [3.8, 4) is 0 Å². The quantitative estimate of drug-likeness (QED) is 0.298. The summed E-state index contributed by atoms with van der Waals surface area (Å²) in [5, 5.41) is 0. The molecule has 3 fully saturated rings. The first kappa shape index (κ1) is 37.5. The van der Waals surface area contributed by atoms with Gasteiger partial charge in [0.15, 0.2) is 5.82 Å². The second-order valence-electron chi connectivity index (χ2n) is 15.9. The van der Waals surface area contributed by atoms with E-state index in [1.54, 1.807) is 38.7 Å². The second-order valence-corrected chi connectivity index (χ2v) is 15.9. The number of aryl methyl sites for hydroxylation is 1. The van der Waals surface area contributed by atoms with Crippen molar-refractivity contribution in [1.82, 2.24) is 14.7 Å². The van der Waals surface area contributed by atoms with Crippen LogP contribution in [0.1, 0.15) is 106 Å². The molecule has 1 atom stereocenters. The van der Waals surface area contributed by atoms with E-state index in [-0.39, 0.29) is 48.0 Å². The highest BCUT2D eigenvalue weighted by Gasteiger charge is 2.46. The number of piperazine rings is 1. The molecule has 4 amide bonds. The average Bonchev–Trinajstić information content (AvgIpc) is 3.25. The number of amides is 4. The summed E-state index contributed by atoms with van der Waals surface area (Å²) in [7, 11) is 0. The standard InChI is InChI=1S/C36H52FN5O8/c1-21-18-26(30(37)29-28(21)32(45)42(33(29)46)25(31(38)44)8-9-27(43)49-35(2,3)4)40-16-14-39(15-17-40)22-19-24(20-22)48-23-10-12-41(13-11-23)34(47)50-36(5,6)7/h18,22-25H,8-17,19-20H2,1-7H3,(H2,38,44). The average molecular weight is 702 g/mol. The lowest BCUT2D eigenvalue weighted by Gasteiger charge is -2.47. The highest BCUT2D eigenvalue weighted by Crippen LogP contribution is 2.37. The van der Waals surface area contributed by atoms with E-state index >= 15 is 4.39 Å². The molecule has 0 spiro atoms. The van der Waals surface area contributed by atoms with Crippen molar-refractivity contribution in [3.05, 3.63) is 28.6 Å². The molecule has 276 valence electrons. The number of fused-ring (bicyclic) bond motifs is 1. The Bertz CT molecular complexity index is 1500. The van der Waals surface area contributed by atoms with Gasteiger partial charge in [-0.25, -0.2) is 9.18 Å². The topological polar surface area (TPSA) is 152 Å². The van der Waals surface area contributed by atoms with Gasteiger partial charge in [-0.15, -0.1) is 0 Å². The lowest BCUT2D eigenvalue weighted by atomic mass is 9.87. The van der Waals surface area contributed by atoms with Crippen molar-refractivity contribution in [3.63, 3.8) is 0 Å². The van der Waals surface area contributed by atoms with E-state index in [1.165, 1.54) is 0 Å². The fourth-order valence-corrected chi connectivity index (χ4v) is 7.19. The number of carbonyl (C=O) groups excluding carboxylic acids is 5. The summed E-state index contributed by atoms with van der Waals surface area (Å²) < 4.78 is 33.3. The predicted octanol–water partition coefficient (Wildman–Crippen LogP) is 3.78. The molecule has 1 unspecified atom stereocenters. The van der Waals surface area contributed by atoms with Gasteiger partial charge in [-0.1, -0.05) is 0 Å². The molecule has 0 aromatic heterocycles. The highest BCUT2D eigenvalue weighted by molar-refractivity contribution is 6.24. The number of likely N-dealkylation sites (tertiary alicyclic amines) is 1. The number of nitrogens with two attached hydrogens (primary N) is 1. The zero-order valence-corrected chi connectivity index (χ0v) is 30.4. The lowest BCUT2D eigenvalue weighted by molar-refractivity contribution is -0.155. The van der Waals surface area contributed by atoms with E-state index in [1.807, 2.05) is 25.7 Å². The van der Waals surface area contributed by atoms with Crippen molar-refractivity contribution in [2.45, 2.75) is 122 Å². The van der Waals surface area contributed by atoms with Crippen molar-refractivity contribution < 1.29 is 42.6 Å². The Hall–Kier alpha value is -3.78. The minimum absolute atomic E-state index is 0.0885. The van der Waals surface area contributed by atoms with Crippen LogP contribution in [-0.4, -0.2) is 119 Å². The molecule has 0 radical (unpaired) electrons. The zero-order chi connectivity index (χ0) is 36.7. The Kier molecular flexibility index (Phi) is 10.8. The fraction of sp³-hybridized carbons (Fsp3) is 0.694. The third-order valence-corrected chi connectivity index (χ3v) is 9.71. The number of anilines is 1. The summed E-state index contributed by atoms with van der Waals surface area (Å²) in [5.74, 6) is -4.11. The van der Waals surface area contributed by atoms with Crippen LogP contribution in [0.3, 0.4) is 0 Å². The minimum Gasteiger partial charge on any atom is -0.460 e. The van der Waals surface area contributed by atoms with Crippen LogP contribution in [0, 0.1) is 12.7 Å². The summed E-state index contributed by atoms with van der Waals surface area (Å²) in [6.07, 6.45) is 2.94. The summed E-state index contributed by atoms with van der Waals surface area (Å²) in [5.41, 5.74) is 4.51. The summed E-state index contributed by atoms with van der Waals surface area (Å²) >= 11 is 0. The maximum absolute atomic E-state index is 16.2. The Morgan fingerprint density at radius 3 is 2.02 bits per heavy atom. The molecule has 4 aliphatic rings. The Labute approximate surface area is 293 Å². The molecule has 1 aliphatic carbocycles. The normalized spacial score (nSPS) is 22.7. The van der Waals surface area contributed by atoms with Gasteiger partial charge in [0.1, 0.15) is 17.2 Å². The van der Waals surface area contributed by atoms with Crippen LogP contribution < -0.4 is 10.6 Å². The number of ether oxygens (including phenoxy) is 3. The molecule has 13 nitrogen and oxygen atoms in total. The van der Waals surface area contributed by atoms with Gasteiger partial charge < -0.3 is 29.7 Å². The number of benzene rings is 1. The molecule has 2 N–H and O–H groups in total. The van der Waals surface area contributed by atoms with E-state index in [0.29, 0.717) is 55.8 Å². The van der Waals surface area contributed by atoms with Gasteiger partial charge in [0.2, 0.25) is 5.91 Å². The van der Waals surface area contributed by atoms with Gasteiger partial charge in [-0.05, 0) is 92.2 Å². The van der Waals surface area contributed by atoms with Crippen LogP contribution in [-0.2, 0) is 23.8 Å². The van der Waals surface area contributed by atoms with Gasteiger partial charge >= 0.3 is 12.1 Å². The molecule has 1 aromatic rings. The van der Waals surface area contributed by atoms with E-state index in [9.17, 15) is 24.0 Å². The van der Waals surface area contributed by atoms with E-state index < -0.39 is 46.8 Å². The lowest BCUT2D eigenvalue weighted by Crippen LogP contribution is -2.56. The van der Waals surface area contributed by atoms with Crippen molar-refractivity contribution in [2.24, 2.45) is 5.73 Å². The Morgan fingerprint density at radius 2 is 1.46 bits per heavy atom. The SMILES string of the molecule is Cc1cc(N2CCN(C3CC(OC4CCN(C(=O)OC(C)(C)C)CC4)C3)CC2)c(F)c2c1C(=O)N(C(CCC(=O)OC(C)(C)C)C(N)=O)C2=O. The number of hydrogen-bond donors (Lipinski definition) is 1. The van der Waals surface area contributed by atoms with Gasteiger partial charge in [0.25, 0.3) is 11.8 Å². The zero-order valence-electron chi connectivity index (χ0n) is 30.4. The molecular weight excluding hydrogens is 649 g/mol. The number of carbonyl (C=O) groups is 5. The smallest absolute Gasteiger partial charge is 0.410 e. The van der Waals surface area contributed by atoms with Gasteiger partial charge in [0, 0.05) is 51.7 Å². The fourth-order valence-electron chi connectivity index (χ4n) is 7.19. The number of esters is 1. The van der Waals surface area contributed by atoms with Gasteiger partial charge in [0.05, 0.1) is 29.0 Å². The molecule has 1 saturated carbocycles. The van der Waals surface area contributed by atoms with E-state index in [0.717, 1.165) is 25.7 Å². The number of piperidine rings is 1. The number of imide groups is 1. The Balaban J connectivity index is 1.13. The largest absolute Gasteiger partial charge is 0.460 e. The van der Waals surface area contributed by atoms with E-state index in [2.05, 4.69) is 4.90 Å². The van der Waals surface area contributed by atoms with E-state index in [4.69, 9.17) is 19.9 Å². The van der Waals surface area contributed by atoms with Crippen LogP contribution in [0.25, 0.3) is 0 Å². The van der Waals surface area contributed by atoms with Crippen molar-refractivity contribution >= 4 is 35.5 Å². The molecule has 14 heteroatoms. The number of halogens is 1. The molecule has 3 aliphatic heterocycles. The molecule has 50 heavy (non-hydrogen) atoms. The summed E-state index contributed by atoms with van der Waals surface area (Å²) in [6.45, 7) is 16.0. The number of rotatable bonds is 9. The summed E-state index contributed by atoms with van der Waals surface area (Å²) in [6, 6.07) is 0.524. The molecule has 3 heterocycles. The summed E-state index contributed by atoms with van der Waals surface area (Å²) in [4.78, 5) is 70.8. The predicted molar refractivity (Wildman–Crippen MR) is 182 cm³/mol. The number of primary amides is 1. The van der Waals surface area contributed by atoms with Gasteiger partial charge in [-0.2, -0.15) is 0 Å². The number of nitrogens with zero attached hydrogens (tertiary/aromatic N) is 4. The third kappa shape index (κ3) is 8.39. The molecule has 2 saturated heterocycles. The molecule has 1 aromatic carbocycles.